The van der Waals surface area contributed by atoms with E-state index < -0.39 is 5.97 Å². The number of aryl methyl sites for hydroxylation is 1. The molecule has 19 heavy (non-hydrogen) atoms. The van der Waals surface area contributed by atoms with Crippen molar-refractivity contribution in [1.29, 1.82) is 0 Å². The maximum absolute atomic E-state index is 10.9. The Bertz CT molecular complexity index is 448. The first-order valence-electron chi connectivity index (χ1n) is 6.84. The summed E-state index contributed by atoms with van der Waals surface area (Å²) in [6.45, 7) is 5.92. The molecule has 1 fully saturated rings. The smallest absolute Gasteiger partial charge is 0.304 e. The van der Waals surface area contributed by atoms with Gasteiger partial charge in [-0.25, -0.2) is 0 Å². The van der Waals surface area contributed by atoms with Crippen LogP contribution in [0.15, 0.2) is 24.3 Å². The summed E-state index contributed by atoms with van der Waals surface area (Å²) in [6, 6.07) is 8.76. The number of nitrogens with one attached hydrogen (secondary N) is 1. The van der Waals surface area contributed by atoms with E-state index in [1.54, 1.807) is 0 Å². The maximum Gasteiger partial charge on any atom is 0.304 e. The highest BCUT2D eigenvalue weighted by Crippen LogP contribution is 2.19. The fraction of sp³-hybridized carbons (Fsp3) is 0.533. The van der Waals surface area contributed by atoms with Gasteiger partial charge in [0, 0.05) is 30.9 Å². The Kier molecular flexibility index (Phi) is 4.43. The number of carboxylic acids is 1. The molecule has 0 amide bonds. The van der Waals surface area contributed by atoms with Gasteiger partial charge in [0.15, 0.2) is 0 Å². The summed E-state index contributed by atoms with van der Waals surface area (Å²) in [5, 5.41) is 12.4. The summed E-state index contributed by atoms with van der Waals surface area (Å²) in [7, 11) is 0. The van der Waals surface area contributed by atoms with Crippen LogP contribution in [0.2, 0.25) is 0 Å². The molecular weight excluding hydrogens is 240 g/mol. The largest absolute Gasteiger partial charge is 0.481 e. The molecule has 0 spiro atoms. The van der Waals surface area contributed by atoms with Gasteiger partial charge in [0.2, 0.25) is 0 Å². The predicted molar refractivity (Wildman–Crippen MR) is 76.6 cm³/mol. The van der Waals surface area contributed by atoms with Crippen molar-refractivity contribution in [2.24, 2.45) is 0 Å². The molecule has 2 rings (SSSR count). The molecule has 0 aromatic heterocycles. The van der Waals surface area contributed by atoms with E-state index in [-0.39, 0.29) is 12.5 Å². The first kappa shape index (κ1) is 13.9. The molecule has 0 aliphatic carbocycles. The van der Waals surface area contributed by atoms with E-state index in [4.69, 9.17) is 5.11 Å². The third-order valence-electron chi connectivity index (χ3n) is 3.58. The van der Waals surface area contributed by atoms with Crippen molar-refractivity contribution < 1.29 is 9.90 Å². The molecular formula is C15H22N2O2. The number of carboxylic acid groups (broad SMARTS) is 1. The minimum Gasteiger partial charge on any atom is -0.481 e. The third kappa shape index (κ3) is 3.96. The quantitative estimate of drug-likeness (QED) is 0.875. The molecule has 4 heteroatoms. The minimum absolute atomic E-state index is 0.00973. The molecule has 2 unspecified atom stereocenters. The van der Waals surface area contributed by atoms with Crippen LogP contribution in [0.4, 0.5) is 5.69 Å². The second-order valence-corrected chi connectivity index (χ2v) is 5.44. The van der Waals surface area contributed by atoms with Gasteiger partial charge in [-0.05, 0) is 38.0 Å². The number of nitrogens with zero attached hydrogens (tertiary/aromatic N) is 1. The summed E-state index contributed by atoms with van der Waals surface area (Å²) in [4.78, 5) is 13.2. The van der Waals surface area contributed by atoms with E-state index in [1.165, 1.54) is 11.3 Å². The number of benzene rings is 1. The van der Waals surface area contributed by atoms with Crippen LogP contribution in [-0.4, -0.2) is 36.2 Å². The highest BCUT2D eigenvalue weighted by Gasteiger charge is 2.23. The molecule has 2 N–H and O–H groups in total. The van der Waals surface area contributed by atoms with E-state index in [2.05, 4.69) is 48.3 Å². The molecule has 0 saturated carbocycles. The van der Waals surface area contributed by atoms with Crippen molar-refractivity contribution >= 4 is 11.7 Å². The van der Waals surface area contributed by atoms with Crippen molar-refractivity contribution in [2.45, 2.75) is 38.8 Å². The Labute approximate surface area is 114 Å². The lowest BCUT2D eigenvalue weighted by Gasteiger charge is -2.26. The summed E-state index contributed by atoms with van der Waals surface area (Å²) >= 11 is 0. The van der Waals surface area contributed by atoms with Crippen LogP contribution >= 0.6 is 0 Å². The van der Waals surface area contributed by atoms with Crippen LogP contribution < -0.4 is 10.2 Å². The van der Waals surface area contributed by atoms with Gasteiger partial charge < -0.3 is 15.3 Å². The van der Waals surface area contributed by atoms with Crippen molar-refractivity contribution in [2.75, 3.05) is 18.0 Å². The average Bonchev–Trinajstić information content (AvgIpc) is 2.50. The van der Waals surface area contributed by atoms with Crippen LogP contribution in [-0.2, 0) is 4.79 Å². The van der Waals surface area contributed by atoms with Crippen molar-refractivity contribution in [3.05, 3.63) is 29.8 Å². The van der Waals surface area contributed by atoms with Gasteiger partial charge in [0.25, 0.3) is 0 Å². The van der Waals surface area contributed by atoms with E-state index >= 15 is 0 Å². The van der Waals surface area contributed by atoms with Gasteiger partial charge in [-0.15, -0.1) is 0 Å². The zero-order chi connectivity index (χ0) is 13.8. The van der Waals surface area contributed by atoms with Gasteiger partial charge >= 0.3 is 5.97 Å². The highest BCUT2D eigenvalue weighted by molar-refractivity contribution is 5.67. The zero-order valence-corrected chi connectivity index (χ0v) is 11.6. The average molecular weight is 262 g/mol. The molecule has 1 aliphatic rings. The lowest BCUT2D eigenvalue weighted by molar-refractivity contribution is -0.137. The first-order chi connectivity index (χ1) is 9.04. The van der Waals surface area contributed by atoms with E-state index in [0.717, 1.165) is 19.5 Å². The molecule has 0 bridgehead atoms. The Balaban J connectivity index is 2.13. The van der Waals surface area contributed by atoms with Crippen LogP contribution in [0.5, 0.6) is 0 Å². The fourth-order valence-corrected chi connectivity index (χ4v) is 2.64. The number of rotatable bonds is 3. The molecule has 1 aromatic carbocycles. The van der Waals surface area contributed by atoms with Gasteiger partial charge in [-0.2, -0.15) is 0 Å². The van der Waals surface area contributed by atoms with Crippen LogP contribution in [0.3, 0.4) is 0 Å². The number of carbonyl (C=O) groups is 1. The lowest BCUT2D eigenvalue weighted by atomic mass is 10.1. The molecule has 1 aromatic rings. The summed E-state index contributed by atoms with van der Waals surface area (Å²) in [6.07, 6.45) is 1.21. The number of hydrogen-bond donors (Lipinski definition) is 2. The Hall–Kier alpha value is -1.55. The Morgan fingerprint density at radius 2 is 2.32 bits per heavy atom. The van der Waals surface area contributed by atoms with Gasteiger partial charge in [-0.3, -0.25) is 4.79 Å². The molecule has 1 saturated heterocycles. The third-order valence-corrected chi connectivity index (χ3v) is 3.58. The normalized spacial score (nSPS) is 24.0. The topological polar surface area (TPSA) is 52.6 Å². The molecule has 0 radical (unpaired) electrons. The number of anilines is 1. The zero-order valence-electron chi connectivity index (χ0n) is 11.6. The highest BCUT2D eigenvalue weighted by atomic mass is 16.4. The van der Waals surface area contributed by atoms with E-state index in [9.17, 15) is 4.79 Å². The van der Waals surface area contributed by atoms with E-state index in [0.29, 0.717) is 6.04 Å². The van der Waals surface area contributed by atoms with Gasteiger partial charge in [-0.1, -0.05) is 12.1 Å². The maximum atomic E-state index is 10.9. The van der Waals surface area contributed by atoms with Crippen molar-refractivity contribution in [1.82, 2.24) is 5.32 Å². The standard InChI is InChI=1S/C15H22N2O2/c1-11-4-3-5-14(8-11)17-7-6-12(2)16-13(10-17)9-15(18)19/h3-5,8,12-13,16H,6-7,9-10H2,1-2H3,(H,18,19). The second kappa shape index (κ2) is 6.06. The monoisotopic (exact) mass is 262 g/mol. The van der Waals surface area contributed by atoms with Crippen molar-refractivity contribution in [3.8, 4) is 0 Å². The summed E-state index contributed by atoms with van der Waals surface area (Å²) < 4.78 is 0. The van der Waals surface area contributed by atoms with Gasteiger partial charge in [0.05, 0.1) is 6.42 Å². The van der Waals surface area contributed by atoms with Crippen LogP contribution in [0, 0.1) is 6.92 Å². The molecule has 1 heterocycles. The predicted octanol–water partition coefficient (Wildman–Crippen LogP) is 2.03. The number of aliphatic carboxylic acids is 1. The van der Waals surface area contributed by atoms with Gasteiger partial charge in [0.1, 0.15) is 0 Å². The Morgan fingerprint density at radius 1 is 1.53 bits per heavy atom. The Morgan fingerprint density at radius 3 is 3.00 bits per heavy atom. The molecule has 2 atom stereocenters. The molecule has 104 valence electrons. The minimum atomic E-state index is -0.740. The summed E-state index contributed by atoms with van der Waals surface area (Å²) in [5.74, 6) is -0.740. The summed E-state index contributed by atoms with van der Waals surface area (Å²) in [5.41, 5.74) is 2.42. The van der Waals surface area contributed by atoms with Crippen LogP contribution in [0.25, 0.3) is 0 Å². The fourth-order valence-electron chi connectivity index (χ4n) is 2.64. The molecule has 1 aliphatic heterocycles. The second-order valence-electron chi connectivity index (χ2n) is 5.44. The molecule has 4 nitrogen and oxygen atoms in total. The van der Waals surface area contributed by atoms with Crippen molar-refractivity contribution in [3.63, 3.8) is 0 Å². The van der Waals surface area contributed by atoms with Crippen LogP contribution in [0.1, 0.15) is 25.3 Å². The number of hydrogen-bond acceptors (Lipinski definition) is 3. The lowest BCUT2D eigenvalue weighted by Crippen LogP contribution is -2.41. The first-order valence-corrected chi connectivity index (χ1v) is 6.84. The SMILES string of the molecule is Cc1cccc(N2CCC(C)NC(CC(=O)O)C2)c1. The van der Waals surface area contributed by atoms with E-state index in [1.807, 2.05) is 0 Å².